The van der Waals surface area contributed by atoms with Crippen LogP contribution in [0, 0.1) is 5.41 Å². The van der Waals surface area contributed by atoms with Crippen LogP contribution in [-0.4, -0.2) is 50.3 Å². The van der Waals surface area contributed by atoms with Crippen LogP contribution in [0.2, 0.25) is 5.02 Å². The normalized spacial score (nSPS) is 26.0. The Bertz CT molecular complexity index is 642. The van der Waals surface area contributed by atoms with Crippen molar-refractivity contribution in [3.63, 3.8) is 0 Å². The quantitative estimate of drug-likeness (QED) is 0.822. The van der Waals surface area contributed by atoms with Crippen LogP contribution >= 0.6 is 11.6 Å². The van der Waals surface area contributed by atoms with Gasteiger partial charge in [-0.05, 0) is 30.9 Å². The zero-order valence-electron chi connectivity index (χ0n) is 13.7. The Hall–Kier alpha value is -1.46. The highest BCUT2D eigenvalue weighted by molar-refractivity contribution is 6.31. The minimum atomic E-state index is 0.125. The summed E-state index contributed by atoms with van der Waals surface area (Å²) < 4.78 is 16.7. The van der Waals surface area contributed by atoms with Crippen molar-refractivity contribution >= 4 is 17.5 Å². The fourth-order valence-electron chi connectivity index (χ4n) is 3.91. The number of fused-ring (bicyclic) bond motifs is 1. The maximum Gasteiger partial charge on any atom is 0.227 e. The molecule has 2 saturated heterocycles. The van der Waals surface area contributed by atoms with Crippen LogP contribution in [0.3, 0.4) is 0 Å². The molecule has 0 unspecified atom stereocenters. The molecule has 0 saturated carbocycles. The first-order valence-electron chi connectivity index (χ1n) is 8.59. The van der Waals surface area contributed by atoms with Crippen molar-refractivity contribution < 1.29 is 19.0 Å². The molecule has 1 aromatic rings. The fraction of sp³-hybridized carbons (Fsp3) is 0.611. The third-order valence-corrected chi connectivity index (χ3v) is 5.60. The van der Waals surface area contributed by atoms with Gasteiger partial charge in [-0.15, -0.1) is 0 Å². The van der Waals surface area contributed by atoms with Gasteiger partial charge in [0.1, 0.15) is 13.2 Å². The molecule has 1 atom stereocenters. The second-order valence-corrected chi connectivity index (χ2v) is 7.39. The SMILES string of the molecule is O=C(Cc1cc2c(cc1Cl)OCCO2)N1CCC[C@@]2(CCOC2)C1. The van der Waals surface area contributed by atoms with E-state index in [9.17, 15) is 4.79 Å². The van der Waals surface area contributed by atoms with Crippen LogP contribution in [0.4, 0.5) is 0 Å². The smallest absolute Gasteiger partial charge is 0.227 e. The molecule has 0 bridgehead atoms. The Morgan fingerprint density at radius 3 is 2.71 bits per heavy atom. The lowest BCUT2D eigenvalue weighted by molar-refractivity contribution is -0.134. The van der Waals surface area contributed by atoms with Crippen molar-refractivity contribution in [3.05, 3.63) is 22.7 Å². The molecule has 0 aliphatic carbocycles. The summed E-state index contributed by atoms with van der Waals surface area (Å²) in [4.78, 5) is 14.8. The molecule has 1 amide bonds. The number of benzene rings is 1. The van der Waals surface area contributed by atoms with E-state index in [2.05, 4.69) is 0 Å². The highest BCUT2D eigenvalue weighted by atomic mass is 35.5. The third-order valence-electron chi connectivity index (χ3n) is 5.25. The predicted octanol–water partition coefficient (Wildman–Crippen LogP) is 2.68. The van der Waals surface area contributed by atoms with E-state index < -0.39 is 0 Å². The van der Waals surface area contributed by atoms with E-state index in [0.29, 0.717) is 36.2 Å². The number of hydrogen-bond donors (Lipinski definition) is 0. The van der Waals surface area contributed by atoms with E-state index in [4.69, 9.17) is 25.8 Å². The second kappa shape index (κ2) is 6.45. The number of likely N-dealkylation sites (tertiary alicyclic amines) is 1. The van der Waals surface area contributed by atoms with Crippen LogP contribution in [0.1, 0.15) is 24.8 Å². The van der Waals surface area contributed by atoms with Gasteiger partial charge in [0, 0.05) is 36.2 Å². The Balaban J connectivity index is 1.47. The van der Waals surface area contributed by atoms with E-state index in [1.54, 1.807) is 6.07 Å². The van der Waals surface area contributed by atoms with Crippen LogP contribution in [0.25, 0.3) is 0 Å². The number of hydrogen-bond acceptors (Lipinski definition) is 4. The molecule has 0 aromatic heterocycles. The average Bonchev–Trinajstić information content (AvgIpc) is 3.03. The first kappa shape index (κ1) is 16.0. The van der Waals surface area contributed by atoms with Crippen molar-refractivity contribution in [1.29, 1.82) is 0 Å². The Labute approximate surface area is 146 Å². The summed E-state index contributed by atoms with van der Waals surface area (Å²) in [7, 11) is 0. The Morgan fingerprint density at radius 2 is 1.96 bits per heavy atom. The second-order valence-electron chi connectivity index (χ2n) is 6.99. The van der Waals surface area contributed by atoms with Gasteiger partial charge in [-0.2, -0.15) is 0 Å². The Morgan fingerprint density at radius 1 is 1.17 bits per heavy atom. The molecule has 2 fully saturated rings. The molecular weight excluding hydrogens is 330 g/mol. The summed E-state index contributed by atoms with van der Waals surface area (Å²) in [6.45, 7) is 4.27. The van der Waals surface area contributed by atoms with Gasteiger partial charge in [0.25, 0.3) is 0 Å². The van der Waals surface area contributed by atoms with E-state index in [0.717, 1.165) is 51.1 Å². The first-order valence-corrected chi connectivity index (χ1v) is 8.97. The van der Waals surface area contributed by atoms with E-state index >= 15 is 0 Å². The number of carbonyl (C=O) groups is 1. The zero-order valence-corrected chi connectivity index (χ0v) is 14.4. The average molecular weight is 352 g/mol. The van der Waals surface area contributed by atoms with Gasteiger partial charge in [-0.25, -0.2) is 0 Å². The van der Waals surface area contributed by atoms with Crippen molar-refractivity contribution in [1.82, 2.24) is 4.90 Å². The molecule has 6 heteroatoms. The number of piperidine rings is 1. The molecule has 0 N–H and O–H groups in total. The van der Waals surface area contributed by atoms with Gasteiger partial charge in [0.2, 0.25) is 5.91 Å². The lowest BCUT2D eigenvalue weighted by Gasteiger charge is -2.39. The summed E-state index contributed by atoms with van der Waals surface area (Å²) >= 11 is 6.34. The summed E-state index contributed by atoms with van der Waals surface area (Å²) in [5.74, 6) is 1.45. The van der Waals surface area contributed by atoms with Gasteiger partial charge < -0.3 is 19.1 Å². The highest BCUT2D eigenvalue weighted by Gasteiger charge is 2.40. The summed E-state index contributed by atoms with van der Waals surface area (Å²) in [6.07, 6.45) is 3.56. The molecule has 3 heterocycles. The molecule has 1 spiro atoms. The van der Waals surface area contributed by atoms with Crippen LogP contribution in [-0.2, 0) is 16.0 Å². The number of carbonyl (C=O) groups excluding carboxylic acids is 1. The van der Waals surface area contributed by atoms with Crippen LogP contribution < -0.4 is 9.47 Å². The molecule has 0 radical (unpaired) electrons. The van der Waals surface area contributed by atoms with Crippen molar-refractivity contribution in [3.8, 4) is 11.5 Å². The monoisotopic (exact) mass is 351 g/mol. The van der Waals surface area contributed by atoms with E-state index in [1.165, 1.54) is 0 Å². The fourth-order valence-corrected chi connectivity index (χ4v) is 4.13. The van der Waals surface area contributed by atoms with Crippen LogP contribution in [0.5, 0.6) is 11.5 Å². The predicted molar refractivity (Wildman–Crippen MR) is 89.8 cm³/mol. The van der Waals surface area contributed by atoms with Crippen molar-refractivity contribution in [2.24, 2.45) is 5.41 Å². The zero-order chi connectivity index (χ0) is 16.6. The minimum absolute atomic E-state index is 0.125. The first-order chi connectivity index (χ1) is 11.7. The van der Waals surface area contributed by atoms with Gasteiger partial charge in [-0.1, -0.05) is 11.6 Å². The Kier molecular flexibility index (Phi) is 4.31. The largest absolute Gasteiger partial charge is 0.486 e. The molecule has 24 heavy (non-hydrogen) atoms. The van der Waals surface area contributed by atoms with Gasteiger partial charge in [0.05, 0.1) is 13.0 Å². The number of halogens is 1. The van der Waals surface area contributed by atoms with E-state index in [-0.39, 0.29) is 11.3 Å². The molecule has 4 rings (SSSR count). The number of rotatable bonds is 2. The molecule has 3 aliphatic heterocycles. The molecule has 130 valence electrons. The molecular formula is C18H22ClNO4. The van der Waals surface area contributed by atoms with Crippen LogP contribution in [0.15, 0.2) is 12.1 Å². The number of ether oxygens (including phenoxy) is 3. The highest BCUT2D eigenvalue weighted by Crippen LogP contribution is 2.39. The third kappa shape index (κ3) is 3.07. The minimum Gasteiger partial charge on any atom is -0.486 e. The summed E-state index contributed by atoms with van der Waals surface area (Å²) in [5.41, 5.74) is 0.970. The molecule has 3 aliphatic rings. The standard InChI is InChI=1S/C18H22ClNO4/c19-14-10-16-15(23-6-7-24-16)8-13(14)9-17(21)20-4-1-2-18(11-20)3-5-22-12-18/h8,10H,1-7,9,11-12H2/t18-/m1/s1. The summed E-state index contributed by atoms with van der Waals surface area (Å²) in [6, 6.07) is 3.59. The lowest BCUT2D eigenvalue weighted by Crippen LogP contribution is -2.47. The maximum absolute atomic E-state index is 12.8. The molecule has 5 nitrogen and oxygen atoms in total. The number of amides is 1. The maximum atomic E-state index is 12.8. The van der Waals surface area contributed by atoms with Gasteiger partial charge >= 0.3 is 0 Å². The van der Waals surface area contributed by atoms with Gasteiger partial charge in [0.15, 0.2) is 11.5 Å². The van der Waals surface area contributed by atoms with Crippen molar-refractivity contribution in [2.75, 3.05) is 39.5 Å². The number of nitrogens with zero attached hydrogens (tertiary/aromatic N) is 1. The lowest BCUT2D eigenvalue weighted by atomic mass is 9.79. The molecule has 1 aromatic carbocycles. The van der Waals surface area contributed by atoms with E-state index in [1.807, 2.05) is 11.0 Å². The van der Waals surface area contributed by atoms with Crippen molar-refractivity contribution in [2.45, 2.75) is 25.7 Å². The summed E-state index contributed by atoms with van der Waals surface area (Å²) in [5, 5.41) is 0.559. The topological polar surface area (TPSA) is 48.0 Å². The van der Waals surface area contributed by atoms with Gasteiger partial charge in [-0.3, -0.25) is 4.79 Å².